The van der Waals surface area contributed by atoms with Crippen LogP contribution < -0.4 is 5.32 Å². The van der Waals surface area contributed by atoms with Crippen molar-refractivity contribution in [2.75, 3.05) is 6.54 Å². The molecule has 1 aliphatic carbocycles. The summed E-state index contributed by atoms with van der Waals surface area (Å²) in [4.78, 5) is 23.6. The van der Waals surface area contributed by atoms with Gasteiger partial charge in [-0.2, -0.15) is 0 Å². The predicted molar refractivity (Wildman–Crippen MR) is 72.0 cm³/mol. The van der Waals surface area contributed by atoms with Gasteiger partial charge in [-0.1, -0.05) is 31.4 Å². The number of nitrogens with one attached hydrogen (secondary N) is 1. The lowest BCUT2D eigenvalue weighted by Gasteiger charge is -2.25. The van der Waals surface area contributed by atoms with Gasteiger partial charge in [-0.05, 0) is 18.8 Å². The van der Waals surface area contributed by atoms with E-state index in [1.54, 1.807) is 6.08 Å². The summed E-state index contributed by atoms with van der Waals surface area (Å²) in [6.07, 6.45) is 8.84. The number of rotatable bonds is 4. The fourth-order valence-corrected chi connectivity index (χ4v) is 3.67. The van der Waals surface area contributed by atoms with Gasteiger partial charge < -0.3 is 15.2 Å². The smallest absolute Gasteiger partial charge is 0.310 e. The van der Waals surface area contributed by atoms with Gasteiger partial charge in [0.25, 0.3) is 0 Å². The van der Waals surface area contributed by atoms with Crippen molar-refractivity contribution in [2.45, 2.75) is 44.3 Å². The van der Waals surface area contributed by atoms with Crippen molar-refractivity contribution >= 4 is 11.9 Å². The second kappa shape index (κ2) is 5.56. The molecule has 0 aromatic heterocycles. The monoisotopic (exact) mass is 279 g/mol. The number of hydrogen-bond acceptors (Lipinski definition) is 3. The normalized spacial score (nSPS) is 36.2. The maximum absolute atomic E-state index is 12.3. The first kappa shape index (κ1) is 13.6. The quantitative estimate of drug-likeness (QED) is 0.761. The SMILES string of the molecule is O=C(O)C1C2C=CC(O2)C1C(=O)NCC1CCCCC1. The molecule has 0 aromatic rings. The van der Waals surface area contributed by atoms with Gasteiger partial charge in [0.15, 0.2) is 0 Å². The highest BCUT2D eigenvalue weighted by Gasteiger charge is 2.53. The fourth-order valence-electron chi connectivity index (χ4n) is 3.67. The Labute approximate surface area is 118 Å². The van der Waals surface area contributed by atoms with Crippen LogP contribution in [0.25, 0.3) is 0 Å². The van der Waals surface area contributed by atoms with Crippen molar-refractivity contribution in [3.05, 3.63) is 12.2 Å². The van der Waals surface area contributed by atoms with Crippen molar-refractivity contribution in [2.24, 2.45) is 17.8 Å². The number of carboxylic acid groups (broad SMARTS) is 1. The van der Waals surface area contributed by atoms with Crippen LogP contribution in [0.15, 0.2) is 12.2 Å². The summed E-state index contributed by atoms with van der Waals surface area (Å²) in [6.45, 7) is 0.669. The number of carbonyl (C=O) groups excluding carboxylic acids is 1. The van der Waals surface area contributed by atoms with Crippen LogP contribution in [0.2, 0.25) is 0 Å². The Hall–Kier alpha value is -1.36. The highest BCUT2D eigenvalue weighted by atomic mass is 16.5. The topological polar surface area (TPSA) is 75.6 Å². The van der Waals surface area contributed by atoms with Gasteiger partial charge >= 0.3 is 5.97 Å². The van der Waals surface area contributed by atoms with Crippen LogP contribution in [-0.4, -0.2) is 35.7 Å². The molecule has 5 nitrogen and oxygen atoms in total. The molecule has 2 aliphatic heterocycles. The van der Waals surface area contributed by atoms with Gasteiger partial charge in [0.2, 0.25) is 5.91 Å². The lowest BCUT2D eigenvalue weighted by Crippen LogP contribution is -2.43. The molecule has 0 radical (unpaired) electrons. The van der Waals surface area contributed by atoms with Crippen LogP contribution in [-0.2, 0) is 14.3 Å². The van der Waals surface area contributed by atoms with Crippen molar-refractivity contribution in [1.82, 2.24) is 5.32 Å². The van der Waals surface area contributed by atoms with Crippen molar-refractivity contribution in [3.8, 4) is 0 Å². The van der Waals surface area contributed by atoms with Crippen LogP contribution in [0, 0.1) is 17.8 Å². The Bertz CT molecular complexity index is 428. The minimum Gasteiger partial charge on any atom is -0.481 e. The Balaban J connectivity index is 1.58. The van der Waals surface area contributed by atoms with E-state index < -0.39 is 23.9 Å². The molecule has 110 valence electrons. The molecule has 2 N–H and O–H groups in total. The highest BCUT2D eigenvalue weighted by Crippen LogP contribution is 2.39. The van der Waals surface area contributed by atoms with E-state index in [-0.39, 0.29) is 12.0 Å². The Morgan fingerprint density at radius 3 is 2.40 bits per heavy atom. The molecule has 1 amide bonds. The number of carbonyl (C=O) groups is 2. The molecule has 0 aromatic carbocycles. The average molecular weight is 279 g/mol. The van der Waals surface area contributed by atoms with Gasteiger partial charge in [-0.15, -0.1) is 0 Å². The maximum atomic E-state index is 12.3. The van der Waals surface area contributed by atoms with Crippen molar-refractivity contribution in [1.29, 1.82) is 0 Å². The van der Waals surface area contributed by atoms with E-state index in [4.69, 9.17) is 4.74 Å². The molecule has 3 aliphatic rings. The number of amides is 1. The molecule has 0 spiro atoms. The summed E-state index contributed by atoms with van der Waals surface area (Å²) in [5.41, 5.74) is 0. The highest BCUT2D eigenvalue weighted by molar-refractivity contribution is 5.87. The molecule has 4 unspecified atom stereocenters. The van der Waals surface area contributed by atoms with Crippen LogP contribution in [0.1, 0.15) is 32.1 Å². The van der Waals surface area contributed by atoms with Crippen LogP contribution in [0.5, 0.6) is 0 Å². The van der Waals surface area contributed by atoms with Gasteiger partial charge in [-0.25, -0.2) is 0 Å². The zero-order chi connectivity index (χ0) is 14.1. The van der Waals surface area contributed by atoms with Crippen molar-refractivity contribution < 1.29 is 19.4 Å². The molecular weight excluding hydrogens is 258 g/mol. The predicted octanol–water partition coefficient (Wildman–Crippen LogP) is 1.34. The maximum Gasteiger partial charge on any atom is 0.310 e. The van der Waals surface area contributed by atoms with Gasteiger partial charge in [0, 0.05) is 6.54 Å². The Kier molecular flexibility index (Phi) is 3.78. The zero-order valence-corrected chi connectivity index (χ0v) is 11.5. The molecule has 2 bridgehead atoms. The number of aliphatic carboxylic acids is 1. The Morgan fingerprint density at radius 2 is 1.75 bits per heavy atom. The second-order valence-electron chi connectivity index (χ2n) is 6.09. The molecular formula is C15H21NO4. The number of hydrogen-bond donors (Lipinski definition) is 2. The van der Waals surface area contributed by atoms with Crippen LogP contribution in [0.3, 0.4) is 0 Å². The van der Waals surface area contributed by atoms with E-state index in [1.807, 2.05) is 6.08 Å². The largest absolute Gasteiger partial charge is 0.481 e. The molecule has 20 heavy (non-hydrogen) atoms. The third-order valence-corrected chi connectivity index (χ3v) is 4.78. The third kappa shape index (κ3) is 2.46. The first-order valence-corrected chi connectivity index (χ1v) is 7.51. The van der Waals surface area contributed by atoms with Gasteiger partial charge in [0.05, 0.1) is 18.1 Å². The summed E-state index contributed by atoms with van der Waals surface area (Å²) in [6, 6.07) is 0. The van der Waals surface area contributed by atoms with Crippen LogP contribution in [0.4, 0.5) is 0 Å². The third-order valence-electron chi connectivity index (χ3n) is 4.78. The van der Waals surface area contributed by atoms with E-state index in [1.165, 1.54) is 19.3 Å². The minimum atomic E-state index is -0.945. The molecule has 1 saturated carbocycles. The van der Waals surface area contributed by atoms with E-state index >= 15 is 0 Å². The van der Waals surface area contributed by atoms with E-state index in [9.17, 15) is 14.7 Å². The molecule has 2 heterocycles. The molecule has 5 heteroatoms. The van der Waals surface area contributed by atoms with E-state index in [2.05, 4.69) is 5.32 Å². The fraction of sp³-hybridized carbons (Fsp3) is 0.733. The van der Waals surface area contributed by atoms with Crippen molar-refractivity contribution in [3.63, 3.8) is 0 Å². The summed E-state index contributed by atoms with van der Waals surface area (Å²) < 4.78 is 5.52. The van der Waals surface area contributed by atoms with Gasteiger partial charge in [0.1, 0.15) is 5.92 Å². The molecule has 4 atom stereocenters. The minimum absolute atomic E-state index is 0.167. The second-order valence-corrected chi connectivity index (χ2v) is 6.09. The standard InChI is InChI=1S/C15H21NO4/c17-14(16-8-9-4-2-1-3-5-9)12-10-6-7-11(20-10)13(12)15(18)19/h6-7,9-13H,1-5,8H2,(H,16,17)(H,18,19). The zero-order valence-electron chi connectivity index (χ0n) is 11.5. The first-order valence-electron chi connectivity index (χ1n) is 7.51. The van der Waals surface area contributed by atoms with Crippen LogP contribution >= 0.6 is 0 Å². The lowest BCUT2D eigenvalue weighted by molar-refractivity contribution is -0.146. The van der Waals surface area contributed by atoms with Gasteiger partial charge in [-0.3, -0.25) is 9.59 Å². The average Bonchev–Trinajstić information content (AvgIpc) is 3.06. The number of fused-ring (bicyclic) bond motifs is 2. The molecule has 3 rings (SSSR count). The summed E-state index contributed by atoms with van der Waals surface area (Å²) in [5, 5.41) is 12.2. The summed E-state index contributed by atoms with van der Waals surface area (Å²) in [7, 11) is 0. The number of ether oxygens (including phenoxy) is 1. The Morgan fingerprint density at radius 1 is 1.10 bits per heavy atom. The summed E-state index contributed by atoms with van der Waals surface area (Å²) >= 11 is 0. The number of carboxylic acids is 1. The van der Waals surface area contributed by atoms with E-state index in [0.717, 1.165) is 12.8 Å². The van der Waals surface area contributed by atoms with E-state index in [0.29, 0.717) is 12.5 Å². The molecule has 1 saturated heterocycles. The first-order chi connectivity index (χ1) is 9.66. The summed E-state index contributed by atoms with van der Waals surface area (Å²) in [5.74, 6) is -1.88. The lowest BCUT2D eigenvalue weighted by atomic mass is 9.82. The molecule has 2 fully saturated rings.